The van der Waals surface area contributed by atoms with E-state index in [1.165, 1.54) is 10.0 Å². The summed E-state index contributed by atoms with van der Waals surface area (Å²) in [6.07, 6.45) is -0.399. The van der Waals surface area contributed by atoms with Crippen molar-refractivity contribution in [1.82, 2.24) is 10.0 Å². The second kappa shape index (κ2) is 8.71. The number of rotatable bonds is 2. The Bertz CT molecular complexity index is 696. The lowest BCUT2D eigenvalue weighted by Gasteiger charge is -2.35. The van der Waals surface area contributed by atoms with Crippen molar-refractivity contribution < 1.29 is 23.9 Å². The van der Waals surface area contributed by atoms with Gasteiger partial charge in [0.1, 0.15) is 17.5 Å². The van der Waals surface area contributed by atoms with Crippen LogP contribution in [0.5, 0.6) is 0 Å². The summed E-state index contributed by atoms with van der Waals surface area (Å²) in [6.45, 7) is 12.2. The predicted octanol–water partition coefficient (Wildman–Crippen LogP) is 3.71. The minimum Gasteiger partial charge on any atom is -0.442 e. The highest BCUT2D eigenvalue weighted by molar-refractivity contribution is 5.76. The second-order valence-corrected chi connectivity index (χ2v) is 8.90. The zero-order valence-corrected chi connectivity index (χ0v) is 18.1. The Morgan fingerprint density at radius 3 is 1.55 bits per heavy atom. The molecule has 2 rings (SSSR count). The van der Waals surface area contributed by atoms with Crippen molar-refractivity contribution >= 4 is 24.2 Å². The van der Waals surface area contributed by atoms with E-state index in [-0.39, 0.29) is 13.1 Å². The molecule has 0 bridgehead atoms. The standard InChI is InChI=1S/C21H31N3O5/c1-20(2,3)28-18(26)23-13-11-22(17-9-7-16(15-25)8-10-17)12-14-24(23)19(27)29-21(4,5)6/h7-10,15H,11-14H2,1-6H3. The SMILES string of the molecule is CC(C)(C)OC(=O)N1CCN(c2ccc(C=O)cc2)CCN1C(=O)OC(C)(C)C. The van der Waals surface area contributed by atoms with Crippen molar-refractivity contribution in [2.24, 2.45) is 0 Å². The highest BCUT2D eigenvalue weighted by Crippen LogP contribution is 2.21. The van der Waals surface area contributed by atoms with Crippen LogP contribution in [0, 0.1) is 0 Å². The Hall–Kier alpha value is -2.77. The highest BCUT2D eigenvalue weighted by atomic mass is 16.6. The average Bonchev–Trinajstić information content (AvgIpc) is 2.82. The molecule has 1 aromatic carbocycles. The van der Waals surface area contributed by atoms with Crippen LogP contribution in [0.3, 0.4) is 0 Å². The summed E-state index contributed by atoms with van der Waals surface area (Å²) in [5.74, 6) is 0. The minimum atomic E-state index is -0.687. The summed E-state index contributed by atoms with van der Waals surface area (Å²) in [4.78, 5) is 38.5. The lowest BCUT2D eigenvalue weighted by atomic mass is 10.2. The monoisotopic (exact) mass is 405 g/mol. The molecule has 0 aliphatic carbocycles. The van der Waals surface area contributed by atoms with Gasteiger partial charge in [0, 0.05) is 24.3 Å². The predicted molar refractivity (Wildman–Crippen MR) is 110 cm³/mol. The molecular weight excluding hydrogens is 374 g/mol. The lowest BCUT2D eigenvalue weighted by Crippen LogP contribution is -2.53. The van der Waals surface area contributed by atoms with Crippen LogP contribution in [0.2, 0.25) is 0 Å². The summed E-state index contributed by atoms with van der Waals surface area (Å²) in [5.41, 5.74) is 0.126. The lowest BCUT2D eigenvalue weighted by molar-refractivity contribution is -0.0572. The fraction of sp³-hybridized carbons (Fsp3) is 0.571. The molecule has 1 aromatic rings. The van der Waals surface area contributed by atoms with E-state index >= 15 is 0 Å². The minimum absolute atomic E-state index is 0.254. The molecule has 0 atom stereocenters. The van der Waals surface area contributed by atoms with E-state index < -0.39 is 23.4 Å². The third kappa shape index (κ3) is 6.66. The van der Waals surface area contributed by atoms with Gasteiger partial charge in [-0.3, -0.25) is 4.79 Å². The largest absolute Gasteiger partial charge is 0.442 e. The molecule has 2 amide bonds. The summed E-state index contributed by atoms with van der Waals surface area (Å²) in [7, 11) is 0. The average molecular weight is 405 g/mol. The number of hydrogen-bond acceptors (Lipinski definition) is 6. The molecule has 1 aliphatic heterocycles. The van der Waals surface area contributed by atoms with Gasteiger partial charge in [-0.25, -0.2) is 19.6 Å². The summed E-state index contributed by atoms with van der Waals surface area (Å²) in [5, 5.41) is 2.61. The van der Waals surface area contributed by atoms with Crippen LogP contribution in [0.1, 0.15) is 51.9 Å². The number of hydrazine groups is 1. The van der Waals surface area contributed by atoms with Gasteiger partial charge >= 0.3 is 12.2 Å². The number of anilines is 1. The first-order valence-corrected chi connectivity index (χ1v) is 9.71. The van der Waals surface area contributed by atoms with Gasteiger partial charge < -0.3 is 14.4 Å². The first-order valence-electron chi connectivity index (χ1n) is 9.71. The summed E-state index contributed by atoms with van der Waals surface area (Å²) < 4.78 is 11.0. The zero-order valence-electron chi connectivity index (χ0n) is 18.1. The van der Waals surface area contributed by atoms with Crippen LogP contribution < -0.4 is 4.90 Å². The van der Waals surface area contributed by atoms with Crippen molar-refractivity contribution in [2.45, 2.75) is 52.7 Å². The van der Waals surface area contributed by atoms with E-state index in [0.29, 0.717) is 18.7 Å². The molecule has 29 heavy (non-hydrogen) atoms. The Kier molecular flexibility index (Phi) is 6.77. The number of aldehydes is 1. The fourth-order valence-electron chi connectivity index (χ4n) is 2.81. The van der Waals surface area contributed by atoms with Gasteiger partial charge in [-0.05, 0) is 65.8 Å². The smallest absolute Gasteiger partial charge is 0.429 e. The quantitative estimate of drug-likeness (QED) is 0.698. The molecule has 8 nitrogen and oxygen atoms in total. The van der Waals surface area contributed by atoms with E-state index in [9.17, 15) is 14.4 Å². The summed E-state index contributed by atoms with van der Waals surface area (Å²) in [6, 6.07) is 7.18. The van der Waals surface area contributed by atoms with Gasteiger partial charge in [-0.15, -0.1) is 0 Å². The number of nitrogens with zero attached hydrogens (tertiary/aromatic N) is 3. The van der Waals surface area contributed by atoms with Crippen molar-refractivity contribution in [3.05, 3.63) is 29.8 Å². The Morgan fingerprint density at radius 1 is 0.793 bits per heavy atom. The van der Waals surface area contributed by atoms with Crippen molar-refractivity contribution in [3.8, 4) is 0 Å². The van der Waals surface area contributed by atoms with Crippen molar-refractivity contribution in [1.29, 1.82) is 0 Å². The molecule has 0 saturated carbocycles. The normalized spacial score (nSPS) is 15.6. The van der Waals surface area contributed by atoms with Gasteiger partial charge in [0.2, 0.25) is 0 Å². The molecule has 1 heterocycles. The van der Waals surface area contributed by atoms with Crippen LogP contribution in [0.25, 0.3) is 0 Å². The highest BCUT2D eigenvalue weighted by Gasteiger charge is 2.35. The van der Waals surface area contributed by atoms with Crippen LogP contribution in [0.15, 0.2) is 24.3 Å². The van der Waals surface area contributed by atoms with Gasteiger partial charge in [0.05, 0.1) is 13.1 Å². The van der Waals surface area contributed by atoms with Gasteiger partial charge in [-0.1, -0.05) is 0 Å². The van der Waals surface area contributed by atoms with Crippen LogP contribution in [0.4, 0.5) is 15.3 Å². The molecule has 1 aliphatic rings. The first kappa shape index (κ1) is 22.5. The maximum absolute atomic E-state index is 12.8. The maximum atomic E-state index is 12.8. The first-order chi connectivity index (χ1) is 13.4. The molecular formula is C21H31N3O5. The Morgan fingerprint density at radius 2 is 1.21 bits per heavy atom. The topological polar surface area (TPSA) is 79.4 Å². The molecule has 0 aromatic heterocycles. The summed E-state index contributed by atoms with van der Waals surface area (Å²) >= 11 is 0. The van der Waals surface area contributed by atoms with E-state index in [0.717, 1.165) is 12.0 Å². The van der Waals surface area contributed by atoms with Gasteiger partial charge in [0.25, 0.3) is 0 Å². The van der Waals surface area contributed by atoms with Crippen molar-refractivity contribution in [3.63, 3.8) is 0 Å². The van der Waals surface area contributed by atoms with Crippen LogP contribution in [-0.2, 0) is 9.47 Å². The van der Waals surface area contributed by atoms with E-state index in [1.54, 1.807) is 53.7 Å². The molecule has 0 radical (unpaired) electrons. The number of carbonyl (C=O) groups excluding carboxylic acids is 3. The molecule has 1 saturated heterocycles. The van der Waals surface area contributed by atoms with Crippen LogP contribution in [-0.4, -0.2) is 65.9 Å². The van der Waals surface area contributed by atoms with Crippen molar-refractivity contribution in [2.75, 3.05) is 31.1 Å². The molecule has 1 fully saturated rings. The van der Waals surface area contributed by atoms with E-state index in [4.69, 9.17) is 9.47 Å². The Balaban J connectivity index is 2.24. The van der Waals surface area contributed by atoms with E-state index in [1.807, 2.05) is 12.1 Å². The van der Waals surface area contributed by atoms with Crippen LogP contribution >= 0.6 is 0 Å². The number of ether oxygens (including phenoxy) is 2. The molecule has 0 spiro atoms. The molecule has 160 valence electrons. The Labute approximate surface area is 172 Å². The zero-order chi connectivity index (χ0) is 21.8. The van der Waals surface area contributed by atoms with E-state index in [2.05, 4.69) is 4.90 Å². The molecule has 0 N–H and O–H groups in total. The third-order valence-corrected chi connectivity index (χ3v) is 4.06. The number of benzene rings is 1. The van der Waals surface area contributed by atoms with Gasteiger partial charge in [-0.2, -0.15) is 0 Å². The maximum Gasteiger partial charge on any atom is 0.429 e. The molecule has 8 heteroatoms. The molecule has 0 unspecified atom stereocenters. The fourth-order valence-corrected chi connectivity index (χ4v) is 2.81. The number of amides is 2. The third-order valence-electron chi connectivity index (χ3n) is 4.06. The number of hydrogen-bond donors (Lipinski definition) is 0. The number of carbonyl (C=O) groups is 3. The van der Waals surface area contributed by atoms with Gasteiger partial charge in [0.15, 0.2) is 0 Å². The second-order valence-electron chi connectivity index (χ2n) is 8.90.